The van der Waals surface area contributed by atoms with Crippen molar-refractivity contribution in [2.45, 2.75) is 5.92 Å². The molecular weight excluding hydrogens is 412 g/mol. The molecule has 0 aliphatic heterocycles. The number of nitrogens with two attached hydrogens (primary N) is 1. The van der Waals surface area contributed by atoms with E-state index in [-0.39, 0.29) is 30.1 Å². The molecule has 0 saturated heterocycles. The Hall–Kier alpha value is -4.00. The molecule has 1 unspecified atom stereocenters. The number of halogens is 2. The Balaban J connectivity index is 1.58. The summed E-state index contributed by atoms with van der Waals surface area (Å²) in [5.41, 5.74) is 6.24. The summed E-state index contributed by atoms with van der Waals surface area (Å²) < 4.78 is 30.4. The molecule has 0 spiro atoms. The Bertz CT molecular complexity index is 1200. The van der Waals surface area contributed by atoms with Crippen molar-refractivity contribution >= 4 is 23.1 Å². The van der Waals surface area contributed by atoms with Crippen LogP contribution in [0.25, 0.3) is 0 Å². The van der Waals surface area contributed by atoms with Gasteiger partial charge in [0.1, 0.15) is 5.69 Å². The number of carbonyl (C=O) groups is 2. The lowest BCUT2D eigenvalue weighted by Gasteiger charge is -2.25. The zero-order chi connectivity index (χ0) is 22.7. The topological polar surface area (TPSA) is 84.2 Å². The average molecular weight is 433 g/mol. The van der Waals surface area contributed by atoms with E-state index in [2.05, 4.69) is 10.6 Å². The van der Waals surface area contributed by atoms with E-state index < -0.39 is 34.7 Å². The number of anilines is 2. The van der Waals surface area contributed by atoms with Crippen LogP contribution in [0.4, 0.5) is 20.2 Å². The fourth-order valence-corrected chi connectivity index (χ4v) is 3.80. The Morgan fingerprint density at radius 2 is 1.59 bits per heavy atom. The first-order chi connectivity index (χ1) is 15.5. The summed E-state index contributed by atoms with van der Waals surface area (Å²) in [6.45, 7) is 0.189. The van der Waals surface area contributed by atoms with Crippen LogP contribution in [0, 0.1) is 11.6 Å². The molecule has 4 N–H and O–H groups in total. The Morgan fingerprint density at radius 3 is 2.28 bits per heavy atom. The minimum absolute atomic E-state index is 0.0402. The van der Waals surface area contributed by atoms with Gasteiger partial charge in [-0.2, -0.15) is 0 Å². The van der Waals surface area contributed by atoms with E-state index in [0.29, 0.717) is 5.56 Å². The molecule has 3 aromatic carbocycles. The maximum atomic E-state index is 15.5. The molecule has 3 aromatic rings. The van der Waals surface area contributed by atoms with Crippen LogP contribution in [-0.4, -0.2) is 24.8 Å². The quantitative estimate of drug-likeness (QED) is 0.400. The summed E-state index contributed by atoms with van der Waals surface area (Å²) in [4.78, 5) is 24.5. The maximum Gasteiger partial charge on any atom is 0.251 e. The Kier molecular flexibility index (Phi) is 5.98. The first kappa shape index (κ1) is 21.2. The van der Waals surface area contributed by atoms with Crippen LogP contribution in [0.15, 0.2) is 72.8 Å². The number of benzene rings is 3. The van der Waals surface area contributed by atoms with Gasteiger partial charge in [0.2, 0.25) is 0 Å². The summed E-state index contributed by atoms with van der Waals surface area (Å²) in [6, 6.07) is 17.7. The molecule has 5 nitrogen and oxygen atoms in total. The summed E-state index contributed by atoms with van der Waals surface area (Å²) in [5.74, 6) is -3.30. The van der Waals surface area contributed by atoms with Crippen LogP contribution in [0.1, 0.15) is 37.8 Å². The van der Waals surface area contributed by atoms with Gasteiger partial charge in [-0.25, -0.2) is 8.78 Å². The van der Waals surface area contributed by atoms with Gasteiger partial charge in [0.25, 0.3) is 5.91 Å². The molecule has 162 valence electrons. The Labute approximate surface area is 183 Å². The maximum absolute atomic E-state index is 15.5. The van der Waals surface area contributed by atoms with E-state index in [1.165, 1.54) is 6.08 Å². The average Bonchev–Trinajstić information content (AvgIpc) is 2.83. The van der Waals surface area contributed by atoms with Crippen molar-refractivity contribution in [1.82, 2.24) is 5.32 Å². The number of rotatable bonds is 6. The third-order valence-corrected chi connectivity index (χ3v) is 5.36. The highest BCUT2D eigenvalue weighted by Crippen LogP contribution is 2.41. The van der Waals surface area contributed by atoms with Crippen LogP contribution in [0.5, 0.6) is 0 Å². The number of nitrogens with one attached hydrogen (secondary N) is 2. The summed E-state index contributed by atoms with van der Waals surface area (Å²) in [5, 5.41) is 5.37. The van der Waals surface area contributed by atoms with E-state index in [0.717, 1.165) is 5.56 Å². The molecule has 7 heteroatoms. The molecule has 1 aliphatic rings. The van der Waals surface area contributed by atoms with Crippen LogP contribution < -0.4 is 16.4 Å². The number of hydrogen-bond donors (Lipinski definition) is 3. The lowest BCUT2D eigenvalue weighted by atomic mass is 9.81. The minimum atomic E-state index is -1.02. The molecule has 32 heavy (non-hydrogen) atoms. The third kappa shape index (κ3) is 3.97. The zero-order valence-corrected chi connectivity index (χ0v) is 17.1. The number of hydrogen-bond acceptors (Lipinski definition) is 4. The second-order valence-corrected chi connectivity index (χ2v) is 7.37. The van der Waals surface area contributed by atoms with Crippen molar-refractivity contribution < 1.29 is 18.4 Å². The number of fused-ring (bicyclic) bond motifs is 1. The van der Waals surface area contributed by atoms with Gasteiger partial charge in [-0.05, 0) is 23.8 Å². The van der Waals surface area contributed by atoms with Crippen LogP contribution in [-0.2, 0) is 0 Å². The molecule has 1 atom stereocenters. The number of ketones is 1. The van der Waals surface area contributed by atoms with E-state index in [9.17, 15) is 14.0 Å². The lowest BCUT2D eigenvalue weighted by molar-refractivity contribution is 0.0954. The molecule has 4 rings (SSSR count). The van der Waals surface area contributed by atoms with Gasteiger partial charge in [0.15, 0.2) is 17.4 Å². The highest BCUT2D eigenvalue weighted by Gasteiger charge is 2.32. The molecule has 0 radical (unpaired) electrons. The molecular formula is C25H21F2N3O2. The molecule has 1 amide bonds. The summed E-state index contributed by atoms with van der Waals surface area (Å²) in [7, 11) is 0. The smallest absolute Gasteiger partial charge is 0.251 e. The largest absolute Gasteiger partial charge is 0.396 e. The number of amides is 1. The van der Waals surface area contributed by atoms with Gasteiger partial charge in [0.05, 0.1) is 11.3 Å². The predicted molar refractivity (Wildman–Crippen MR) is 120 cm³/mol. The SMILES string of the molecule is Nc1c(F)c(NCCNC(=O)c2ccccc2)c(F)c2c1C(=O)C=CC2c1ccccc1. The fourth-order valence-electron chi connectivity index (χ4n) is 3.80. The van der Waals surface area contributed by atoms with E-state index in [1.54, 1.807) is 60.7 Å². The van der Waals surface area contributed by atoms with Gasteiger partial charge in [-0.3, -0.25) is 9.59 Å². The second-order valence-electron chi connectivity index (χ2n) is 7.37. The van der Waals surface area contributed by atoms with Crippen LogP contribution >= 0.6 is 0 Å². The van der Waals surface area contributed by atoms with Crippen molar-refractivity contribution in [3.05, 3.63) is 107 Å². The molecule has 0 saturated carbocycles. The number of allylic oxidation sites excluding steroid dienone is 2. The fraction of sp³-hybridized carbons (Fsp3) is 0.120. The number of nitrogen functional groups attached to an aromatic ring is 1. The van der Waals surface area contributed by atoms with E-state index >= 15 is 4.39 Å². The molecule has 0 heterocycles. The first-order valence-corrected chi connectivity index (χ1v) is 10.1. The van der Waals surface area contributed by atoms with Gasteiger partial charge in [0, 0.05) is 30.1 Å². The van der Waals surface area contributed by atoms with Crippen molar-refractivity contribution in [2.75, 3.05) is 24.1 Å². The van der Waals surface area contributed by atoms with Crippen molar-refractivity contribution in [3.8, 4) is 0 Å². The van der Waals surface area contributed by atoms with Crippen LogP contribution in [0.3, 0.4) is 0 Å². The third-order valence-electron chi connectivity index (χ3n) is 5.36. The first-order valence-electron chi connectivity index (χ1n) is 10.1. The lowest BCUT2D eigenvalue weighted by Crippen LogP contribution is -2.29. The van der Waals surface area contributed by atoms with Crippen molar-refractivity contribution in [3.63, 3.8) is 0 Å². The standard InChI is InChI=1S/C25H21F2N3O2/c26-21-19-17(15-7-3-1-4-8-15)11-12-18(31)20(19)23(28)22(27)24(21)29-13-14-30-25(32)16-9-5-2-6-10-16/h1-12,17,29H,13-14,28H2,(H,30,32). The molecule has 0 bridgehead atoms. The summed E-state index contributed by atoms with van der Waals surface area (Å²) >= 11 is 0. The monoisotopic (exact) mass is 433 g/mol. The highest BCUT2D eigenvalue weighted by atomic mass is 19.1. The summed E-state index contributed by atoms with van der Waals surface area (Å²) in [6.07, 6.45) is 2.88. The molecule has 1 aliphatic carbocycles. The van der Waals surface area contributed by atoms with Crippen LogP contribution in [0.2, 0.25) is 0 Å². The van der Waals surface area contributed by atoms with Gasteiger partial charge < -0.3 is 16.4 Å². The van der Waals surface area contributed by atoms with Gasteiger partial charge >= 0.3 is 0 Å². The molecule has 0 fully saturated rings. The number of carbonyl (C=O) groups excluding carboxylic acids is 2. The predicted octanol–water partition coefficient (Wildman–Crippen LogP) is 4.27. The normalized spacial score (nSPS) is 14.7. The second kappa shape index (κ2) is 9.01. The van der Waals surface area contributed by atoms with Gasteiger partial charge in [-0.15, -0.1) is 0 Å². The molecule has 0 aromatic heterocycles. The highest BCUT2D eigenvalue weighted by molar-refractivity contribution is 6.11. The minimum Gasteiger partial charge on any atom is -0.396 e. The van der Waals surface area contributed by atoms with Crippen molar-refractivity contribution in [2.24, 2.45) is 0 Å². The zero-order valence-electron chi connectivity index (χ0n) is 17.1. The van der Waals surface area contributed by atoms with Crippen molar-refractivity contribution in [1.29, 1.82) is 0 Å². The Morgan fingerprint density at radius 1 is 0.938 bits per heavy atom. The van der Waals surface area contributed by atoms with E-state index in [1.807, 2.05) is 6.07 Å². The van der Waals surface area contributed by atoms with Gasteiger partial charge in [-0.1, -0.05) is 54.6 Å². The van der Waals surface area contributed by atoms with E-state index in [4.69, 9.17) is 5.73 Å².